The summed E-state index contributed by atoms with van der Waals surface area (Å²) in [5.41, 5.74) is 3.16. The second-order valence-electron chi connectivity index (χ2n) is 5.67. The van der Waals surface area contributed by atoms with Crippen LogP contribution in [0, 0.1) is 0 Å². The van der Waals surface area contributed by atoms with Gasteiger partial charge >= 0.3 is 0 Å². The van der Waals surface area contributed by atoms with Crippen LogP contribution in [0.3, 0.4) is 0 Å². The Labute approximate surface area is 125 Å². The molecular weight excluding hydrogens is 262 g/mol. The van der Waals surface area contributed by atoms with Crippen molar-refractivity contribution in [3.63, 3.8) is 0 Å². The smallest absolute Gasteiger partial charge is 0.124 e. The van der Waals surface area contributed by atoms with E-state index in [1.165, 1.54) is 17.7 Å². The fraction of sp³-hybridized carbons (Fsp3) is 0.333. The summed E-state index contributed by atoms with van der Waals surface area (Å²) in [6, 6.07) is 13.3. The monoisotopic (exact) mass is 283 g/mol. The van der Waals surface area contributed by atoms with Crippen LogP contribution in [0.25, 0.3) is 0 Å². The Bertz CT molecular complexity index is 619. The van der Waals surface area contributed by atoms with Gasteiger partial charge in [-0.15, -0.1) is 0 Å². The SMILES string of the molecule is CC(c1c(O)cccc1O)N1CCCCc2ccccc21. The fourth-order valence-corrected chi connectivity index (χ4v) is 3.25. The van der Waals surface area contributed by atoms with E-state index in [1.54, 1.807) is 18.2 Å². The van der Waals surface area contributed by atoms with E-state index in [2.05, 4.69) is 29.2 Å². The number of phenolic OH excluding ortho intramolecular Hbond substituents is 2. The first-order valence-electron chi connectivity index (χ1n) is 7.54. The molecule has 0 aliphatic carbocycles. The molecule has 1 aliphatic rings. The van der Waals surface area contributed by atoms with E-state index in [0.717, 1.165) is 19.4 Å². The van der Waals surface area contributed by atoms with Crippen molar-refractivity contribution in [2.45, 2.75) is 32.2 Å². The molecule has 1 aliphatic heterocycles. The molecule has 2 aromatic carbocycles. The van der Waals surface area contributed by atoms with Crippen LogP contribution >= 0.6 is 0 Å². The molecule has 0 bridgehead atoms. The number of para-hydroxylation sites is 1. The molecule has 0 radical (unpaired) electrons. The topological polar surface area (TPSA) is 43.7 Å². The zero-order valence-electron chi connectivity index (χ0n) is 12.3. The summed E-state index contributed by atoms with van der Waals surface area (Å²) in [5.74, 6) is 0.313. The molecule has 3 nitrogen and oxygen atoms in total. The van der Waals surface area contributed by atoms with Gasteiger partial charge in [-0.3, -0.25) is 0 Å². The van der Waals surface area contributed by atoms with E-state index in [9.17, 15) is 10.2 Å². The molecule has 0 saturated heterocycles. The van der Waals surface area contributed by atoms with Crippen molar-refractivity contribution >= 4 is 5.69 Å². The molecule has 0 spiro atoms. The van der Waals surface area contributed by atoms with E-state index in [1.807, 2.05) is 6.92 Å². The number of hydrogen-bond donors (Lipinski definition) is 2. The molecule has 2 N–H and O–H groups in total. The van der Waals surface area contributed by atoms with Crippen LogP contribution < -0.4 is 4.90 Å². The zero-order chi connectivity index (χ0) is 14.8. The maximum atomic E-state index is 10.1. The lowest BCUT2D eigenvalue weighted by molar-refractivity contribution is 0.427. The minimum atomic E-state index is -0.0644. The maximum Gasteiger partial charge on any atom is 0.124 e. The molecule has 0 amide bonds. The van der Waals surface area contributed by atoms with E-state index in [4.69, 9.17) is 0 Å². The lowest BCUT2D eigenvalue weighted by Crippen LogP contribution is -2.27. The van der Waals surface area contributed by atoms with Gasteiger partial charge in [0.25, 0.3) is 0 Å². The van der Waals surface area contributed by atoms with Crippen molar-refractivity contribution in [2.24, 2.45) is 0 Å². The predicted molar refractivity (Wildman–Crippen MR) is 84.9 cm³/mol. The average molecular weight is 283 g/mol. The second-order valence-corrected chi connectivity index (χ2v) is 5.67. The van der Waals surface area contributed by atoms with Gasteiger partial charge < -0.3 is 15.1 Å². The molecule has 2 aromatic rings. The molecule has 1 heterocycles. The molecule has 3 rings (SSSR count). The van der Waals surface area contributed by atoms with Crippen LogP contribution in [-0.2, 0) is 6.42 Å². The summed E-state index contributed by atoms with van der Waals surface area (Å²) in [6.45, 7) is 2.98. The normalized spacial score (nSPS) is 16.1. The minimum absolute atomic E-state index is 0.0644. The standard InChI is InChI=1S/C18H21NO2/c1-13(18-16(20)10-6-11-17(18)21)19-12-5-4-8-14-7-2-3-9-15(14)19/h2-3,6-7,9-11,13,20-21H,4-5,8,12H2,1H3. The number of hydrogen-bond acceptors (Lipinski definition) is 3. The Morgan fingerprint density at radius 3 is 2.43 bits per heavy atom. The molecular formula is C18H21NO2. The van der Waals surface area contributed by atoms with Gasteiger partial charge in [0.15, 0.2) is 0 Å². The Kier molecular flexibility index (Phi) is 3.74. The van der Waals surface area contributed by atoms with Crippen LogP contribution in [0.2, 0.25) is 0 Å². The second kappa shape index (κ2) is 5.68. The third kappa shape index (κ3) is 2.56. The van der Waals surface area contributed by atoms with Crippen LogP contribution in [0.5, 0.6) is 11.5 Å². The summed E-state index contributed by atoms with van der Waals surface area (Å²) in [6.07, 6.45) is 3.38. The van der Waals surface area contributed by atoms with Crippen molar-refractivity contribution in [3.8, 4) is 11.5 Å². The number of aryl methyl sites for hydroxylation is 1. The van der Waals surface area contributed by atoms with Crippen molar-refractivity contribution in [3.05, 3.63) is 53.6 Å². The molecule has 0 aromatic heterocycles. The van der Waals surface area contributed by atoms with Crippen LogP contribution in [0.4, 0.5) is 5.69 Å². The highest BCUT2D eigenvalue weighted by Gasteiger charge is 2.24. The molecule has 3 heteroatoms. The average Bonchev–Trinajstić information content (AvgIpc) is 2.69. The Morgan fingerprint density at radius 2 is 1.67 bits per heavy atom. The lowest BCUT2D eigenvalue weighted by atomic mass is 10.0. The predicted octanol–water partition coefficient (Wildman–Crippen LogP) is 4.00. The molecule has 1 atom stereocenters. The Balaban J connectivity index is 2.03. The molecule has 1 unspecified atom stereocenters. The molecule has 21 heavy (non-hydrogen) atoms. The minimum Gasteiger partial charge on any atom is -0.507 e. The summed E-state index contributed by atoms with van der Waals surface area (Å²) in [7, 11) is 0. The first-order chi connectivity index (χ1) is 10.2. The van der Waals surface area contributed by atoms with Crippen molar-refractivity contribution in [1.82, 2.24) is 0 Å². The summed E-state index contributed by atoms with van der Waals surface area (Å²) in [4.78, 5) is 2.29. The van der Waals surface area contributed by atoms with Gasteiger partial charge in [-0.1, -0.05) is 24.3 Å². The largest absolute Gasteiger partial charge is 0.507 e. The molecule has 0 fully saturated rings. The van der Waals surface area contributed by atoms with Crippen molar-refractivity contribution in [2.75, 3.05) is 11.4 Å². The third-order valence-corrected chi connectivity index (χ3v) is 4.34. The number of phenols is 2. The van der Waals surface area contributed by atoms with Gasteiger partial charge in [-0.05, 0) is 49.9 Å². The molecule has 110 valence electrons. The number of anilines is 1. The first-order valence-corrected chi connectivity index (χ1v) is 7.54. The quantitative estimate of drug-likeness (QED) is 0.875. The summed E-state index contributed by atoms with van der Waals surface area (Å²) < 4.78 is 0. The lowest BCUT2D eigenvalue weighted by Gasteiger charge is -2.32. The van der Waals surface area contributed by atoms with Gasteiger partial charge in [0.2, 0.25) is 0 Å². The highest BCUT2D eigenvalue weighted by Crippen LogP contribution is 2.39. The van der Waals surface area contributed by atoms with E-state index in [0.29, 0.717) is 5.56 Å². The van der Waals surface area contributed by atoms with Gasteiger partial charge in [-0.2, -0.15) is 0 Å². The van der Waals surface area contributed by atoms with Crippen molar-refractivity contribution in [1.29, 1.82) is 0 Å². The first kappa shape index (κ1) is 13.8. The van der Waals surface area contributed by atoms with Crippen LogP contribution in [-0.4, -0.2) is 16.8 Å². The van der Waals surface area contributed by atoms with Gasteiger partial charge in [-0.25, -0.2) is 0 Å². The van der Waals surface area contributed by atoms with Crippen molar-refractivity contribution < 1.29 is 10.2 Å². The van der Waals surface area contributed by atoms with E-state index >= 15 is 0 Å². The number of aromatic hydroxyl groups is 2. The van der Waals surface area contributed by atoms with Gasteiger partial charge in [0.05, 0.1) is 11.6 Å². The summed E-state index contributed by atoms with van der Waals surface area (Å²) in [5, 5.41) is 20.2. The fourth-order valence-electron chi connectivity index (χ4n) is 3.25. The van der Waals surface area contributed by atoms with Crippen LogP contribution in [0.1, 0.15) is 36.9 Å². The van der Waals surface area contributed by atoms with Gasteiger partial charge in [0.1, 0.15) is 11.5 Å². The zero-order valence-corrected chi connectivity index (χ0v) is 12.3. The third-order valence-electron chi connectivity index (χ3n) is 4.34. The Hall–Kier alpha value is -2.16. The van der Waals surface area contributed by atoms with E-state index in [-0.39, 0.29) is 17.5 Å². The van der Waals surface area contributed by atoms with Gasteiger partial charge in [0, 0.05) is 12.2 Å². The highest BCUT2D eigenvalue weighted by molar-refractivity contribution is 5.58. The Morgan fingerprint density at radius 1 is 0.952 bits per heavy atom. The number of nitrogens with zero attached hydrogens (tertiary/aromatic N) is 1. The van der Waals surface area contributed by atoms with Crippen LogP contribution in [0.15, 0.2) is 42.5 Å². The molecule has 0 saturated carbocycles. The highest BCUT2D eigenvalue weighted by atomic mass is 16.3. The number of benzene rings is 2. The summed E-state index contributed by atoms with van der Waals surface area (Å²) >= 11 is 0. The number of fused-ring (bicyclic) bond motifs is 1. The maximum absolute atomic E-state index is 10.1. The van der Waals surface area contributed by atoms with E-state index < -0.39 is 0 Å². The number of rotatable bonds is 2.